The van der Waals surface area contributed by atoms with Gasteiger partial charge < -0.3 is 25.0 Å². The predicted molar refractivity (Wildman–Crippen MR) is 51.1 cm³/mol. The summed E-state index contributed by atoms with van der Waals surface area (Å²) in [6, 6.07) is 0. The van der Waals surface area contributed by atoms with Gasteiger partial charge in [0.05, 0.1) is 19.1 Å². The highest BCUT2D eigenvalue weighted by Gasteiger charge is 2.38. The van der Waals surface area contributed by atoms with Crippen LogP contribution in [-0.2, 0) is 9.53 Å². The number of carbonyl (C=O) groups is 1. The SMILES string of the molecule is CN(C)C(=O)CC1OC[C@@H](O)[C@H](O)[C@H]1O. The fraction of sp³-hybridized carbons (Fsp3) is 0.889. The first-order chi connectivity index (χ1) is 6.93. The minimum atomic E-state index is -1.25. The van der Waals surface area contributed by atoms with Crippen molar-refractivity contribution in [1.29, 1.82) is 0 Å². The van der Waals surface area contributed by atoms with Crippen molar-refractivity contribution in [2.75, 3.05) is 20.7 Å². The van der Waals surface area contributed by atoms with E-state index < -0.39 is 24.4 Å². The van der Waals surface area contributed by atoms with Crippen LogP contribution in [0.15, 0.2) is 0 Å². The molecule has 1 aliphatic rings. The number of ether oxygens (including phenoxy) is 1. The molecule has 88 valence electrons. The second-order valence-corrected chi connectivity index (χ2v) is 3.91. The zero-order chi connectivity index (χ0) is 11.6. The molecule has 0 bridgehead atoms. The molecule has 1 unspecified atom stereocenters. The summed E-state index contributed by atoms with van der Waals surface area (Å²) in [5.74, 6) is -0.192. The van der Waals surface area contributed by atoms with E-state index in [-0.39, 0.29) is 18.9 Å². The Morgan fingerprint density at radius 1 is 1.33 bits per heavy atom. The first-order valence-corrected chi connectivity index (χ1v) is 4.79. The lowest BCUT2D eigenvalue weighted by Gasteiger charge is -2.35. The molecule has 3 N–H and O–H groups in total. The van der Waals surface area contributed by atoms with Gasteiger partial charge in [-0.25, -0.2) is 0 Å². The van der Waals surface area contributed by atoms with Crippen molar-refractivity contribution < 1.29 is 24.9 Å². The van der Waals surface area contributed by atoms with Crippen LogP contribution in [0.25, 0.3) is 0 Å². The Hall–Kier alpha value is -0.690. The smallest absolute Gasteiger partial charge is 0.224 e. The van der Waals surface area contributed by atoms with Crippen molar-refractivity contribution in [2.45, 2.75) is 30.8 Å². The monoisotopic (exact) mass is 219 g/mol. The summed E-state index contributed by atoms with van der Waals surface area (Å²) in [4.78, 5) is 12.7. The lowest BCUT2D eigenvalue weighted by molar-refractivity contribution is -0.190. The zero-order valence-corrected chi connectivity index (χ0v) is 8.83. The number of aliphatic hydroxyl groups excluding tert-OH is 3. The van der Waals surface area contributed by atoms with E-state index in [2.05, 4.69) is 0 Å². The van der Waals surface area contributed by atoms with Crippen LogP contribution in [0.1, 0.15) is 6.42 Å². The van der Waals surface area contributed by atoms with Gasteiger partial charge >= 0.3 is 0 Å². The molecule has 0 radical (unpaired) electrons. The molecule has 4 atom stereocenters. The van der Waals surface area contributed by atoms with E-state index in [1.807, 2.05) is 0 Å². The van der Waals surface area contributed by atoms with Gasteiger partial charge in [-0.3, -0.25) is 4.79 Å². The fourth-order valence-electron chi connectivity index (χ4n) is 1.40. The van der Waals surface area contributed by atoms with Gasteiger partial charge in [-0.2, -0.15) is 0 Å². The molecule has 0 aliphatic carbocycles. The third-order valence-electron chi connectivity index (χ3n) is 2.48. The summed E-state index contributed by atoms with van der Waals surface area (Å²) in [7, 11) is 3.20. The normalized spacial score (nSPS) is 36.3. The number of amides is 1. The molecule has 6 nitrogen and oxygen atoms in total. The lowest BCUT2D eigenvalue weighted by atomic mass is 9.98. The van der Waals surface area contributed by atoms with E-state index >= 15 is 0 Å². The van der Waals surface area contributed by atoms with Crippen molar-refractivity contribution in [3.05, 3.63) is 0 Å². The molecule has 15 heavy (non-hydrogen) atoms. The number of carbonyl (C=O) groups excluding carboxylic acids is 1. The van der Waals surface area contributed by atoms with E-state index in [0.29, 0.717) is 0 Å². The molecule has 1 amide bonds. The van der Waals surface area contributed by atoms with Crippen molar-refractivity contribution in [1.82, 2.24) is 4.90 Å². The van der Waals surface area contributed by atoms with Crippen molar-refractivity contribution in [3.8, 4) is 0 Å². The molecule has 0 aromatic carbocycles. The highest BCUT2D eigenvalue weighted by atomic mass is 16.5. The molecule has 6 heteroatoms. The fourth-order valence-corrected chi connectivity index (χ4v) is 1.40. The molecular weight excluding hydrogens is 202 g/mol. The van der Waals surface area contributed by atoms with Crippen LogP contribution in [-0.4, -0.2) is 71.2 Å². The van der Waals surface area contributed by atoms with Crippen molar-refractivity contribution in [2.24, 2.45) is 0 Å². The average Bonchev–Trinajstić information content (AvgIpc) is 2.18. The van der Waals surface area contributed by atoms with Crippen molar-refractivity contribution >= 4 is 5.91 Å². The molecule has 0 aromatic heterocycles. The summed E-state index contributed by atoms with van der Waals surface area (Å²) in [6.45, 7) is -0.0659. The molecule has 0 spiro atoms. The topological polar surface area (TPSA) is 90.2 Å². The zero-order valence-electron chi connectivity index (χ0n) is 8.83. The van der Waals surface area contributed by atoms with Crippen LogP contribution in [0.3, 0.4) is 0 Å². The van der Waals surface area contributed by atoms with Gasteiger partial charge in [0.2, 0.25) is 5.91 Å². The predicted octanol–water partition coefficient (Wildman–Crippen LogP) is -2.05. The van der Waals surface area contributed by atoms with Gasteiger partial charge in [0.25, 0.3) is 0 Å². The Balaban J connectivity index is 2.53. The second-order valence-electron chi connectivity index (χ2n) is 3.91. The Labute approximate surface area is 88.1 Å². The third-order valence-corrected chi connectivity index (χ3v) is 2.48. The molecule has 1 fully saturated rings. The number of hydrogen-bond donors (Lipinski definition) is 3. The molecule has 0 saturated carbocycles. The van der Waals surface area contributed by atoms with Crippen LogP contribution >= 0.6 is 0 Å². The number of nitrogens with zero attached hydrogens (tertiary/aromatic N) is 1. The second kappa shape index (κ2) is 4.89. The van der Waals surface area contributed by atoms with Gasteiger partial charge in [0, 0.05) is 14.1 Å². The van der Waals surface area contributed by atoms with Gasteiger partial charge in [0.15, 0.2) is 0 Å². The molecule has 1 heterocycles. The molecule has 0 aromatic rings. The maximum absolute atomic E-state index is 11.3. The molecule has 1 saturated heterocycles. The summed E-state index contributed by atoms with van der Waals surface area (Å²) >= 11 is 0. The maximum Gasteiger partial charge on any atom is 0.224 e. The Morgan fingerprint density at radius 3 is 2.47 bits per heavy atom. The van der Waals surface area contributed by atoms with Crippen molar-refractivity contribution in [3.63, 3.8) is 0 Å². The largest absolute Gasteiger partial charge is 0.388 e. The van der Waals surface area contributed by atoms with Crippen LogP contribution in [0.4, 0.5) is 0 Å². The van der Waals surface area contributed by atoms with E-state index in [4.69, 9.17) is 4.74 Å². The Kier molecular flexibility index (Phi) is 4.04. The lowest BCUT2D eigenvalue weighted by Crippen LogP contribution is -2.53. The van der Waals surface area contributed by atoms with Crippen LogP contribution in [0.5, 0.6) is 0 Å². The standard InChI is InChI=1S/C9H17NO5/c1-10(2)7(12)3-6-9(14)8(13)5(11)4-15-6/h5-6,8-9,11,13-14H,3-4H2,1-2H3/t5-,6?,8+,9+/m1/s1. The summed E-state index contributed by atoms with van der Waals surface area (Å²) < 4.78 is 5.09. The van der Waals surface area contributed by atoms with Crippen LogP contribution in [0, 0.1) is 0 Å². The van der Waals surface area contributed by atoms with Gasteiger partial charge in [-0.05, 0) is 0 Å². The van der Waals surface area contributed by atoms with E-state index in [9.17, 15) is 20.1 Å². The van der Waals surface area contributed by atoms with Crippen LogP contribution in [0.2, 0.25) is 0 Å². The molecule has 1 aliphatic heterocycles. The van der Waals surface area contributed by atoms with E-state index in [0.717, 1.165) is 0 Å². The summed E-state index contributed by atoms with van der Waals surface area (Å²) in [6.07, 6.45) is -4.32. The van der Waals surface area contributed by atoms with Gasteiger partial charge in [0.1, 0.15) is 18.3 Å². The maximum atomic E-state index is 11.3. The minimum absolute atomic E-state index is 0.00204. The van der Waals surface area contributed by atoms with Crippen LogP contribution < -0.4 is 0 Å². The van der Waals surface area contributed by atoms with E-state index in [1.54, 1.807) is 14.1 Å². The first kappa shape index (κ1) is 12.4. The first-order valence-electron chi connectivity index (χ1n) is 4.79. The quantitative estimate of drug-likeness (QED) is 0.497. The average molecular weight is 219 g/mol. The molecule has 1 rings (SSSR count). The number of aliphatic hydroxyl groups is 3. The Bertz CT molecular complexity index is 233. The Morgan fingerprint density at radius 2 is 1.93 bits per heavy atom. The highest BCUT2D eigenvalue weighted by Crippen LogP contribution is 2.18. The highest BCUT2D eigenvalue weighted by molar-refractivity contribution is 5.76. The third kappa shape index (κ3) is 2.88. The van der Waals surface area contributed by atoms with Gasteiger partial charge in [-0.1, -0.05) is 0 Å². The van der Waals surface area contributed by atoms with Gasteiger partial charge in [-0.15, -0.1) is 0 Å². The molecular formula is C9H17NO5. The number of rotatable bonds is 2. The summed E-state index contributed by atoms with van der Waals surface area (Å²) in [5.41, 5.74) is 0. The minimum Gasteiger partial charge on any atom is -0.388 e. The van der Waals surface area contributed by atoms with E-state index in [1.165, 1.54) is 4.90 Å². The summed E-state index contributed by atoms with van der Waals surface area (Å²) in [5, 5.41) is 28.1. The number of hydrogen-bond acceptors (Lipinski definition) is 5.